The maximum Gasteiger partial charge on any atom is 0.220 e. The van der Waals surface area contributed by atoms with Gasteiger partial charge in [0.05, 0.1) is 12.6 Å². The van der Waals surface area contributed by atoms with Crippen molar-refractivity contribution in [1.82, 2.24) is 24.6 Å². The van der Waals surface area contributed by atoms with Crippen LogP contribution in [0.25, 0.3) is 0 Å². The average Bonchev–Trinajstić information content (AvgIpc) is 3.29. The van der Waals surface area contributed by atoms with Gasteiger partial charge in [-0.15, -0.1) is 10.2 Å². The highest BCUT2D eigenvalue weighted by Gasteiger charge is 2.33. The molecular formula is C20H27N5O. The highest BCUT2D eigenvalue weighted by molar-refractivity contribution is 5.74. The van der Waals surface area contributed by atoms with Crippen LogP contribution in [-0.4, -0.2) is 50.1 Å². The number of amides is 1. The van der Waals surface area contributed by atoms with Gasteiger partial charge in [0.1, 0.15) is 5.82 Å². The standard InChI is InChI=1S/C20H27N5O/c1-16(26)24-12-6-10-18(24)20-22-21-19-15-23(13-14-25(19)20)11-5-9-17-7-3-2-4-8-17/h2-4,7-8,18H,5-6,9-15H2,1H3/t18-/m0/s1. The van der Waals surface area contributed by atoms with E-state index in [1.54, 1.807) is 6.92 Å². The summed E-state index contributed by atoms with van der Waals surface area (Å²) in [5.41, 5.74) is 1.40. The minimum Gasteiger partial charge on any atom is -0.333 e. The molecule has 0 saturated carbocycles. The molecule has 2 aliphatic rings. The van der Waals surface area contributed by atoms with Crippen LogP contribution in [0, 0.1) is 0 Å². The lowest BCUT2D eigenvalue weighted by molar-refractivity contribution is -0.129. The number of likely N-dealkylation sites (tertiary alicyclic amines) is 1. The Morgan fingerprint density at radius 2 is 2.00 bits per heavy atom. The summed E-state index contributed by atoms with van der Waals surface area (Å²) in [6.07, 6.45) is 4.33. The molecule has 1 atom stereocenters. The molecular weight excluding hydrogens is 326 g/mol. The van der Waals surface area contributed by atoms with Gasteiger partial charge in [-0.25, -0.2) is 0 Å². The molecule has 2 aromatic rings. The van der Waals surface area contributed by atoms with Crippen molar-refractivity contribution < 1.29 is 4.79 Å². The van der Waals surface area contributed by atoms with E-state index in [1.807, 2.05) is 4.90 Å². The van der Waals surface area contributed by atoms with Gasteiger partial charge in [-0.05, 0) is 37.8 Å². The largest absolute Gasteiger partial charge is 0.333 e. The first-order chi connectivity index (χ1) is 12.7. The van der Waals surface area contributed by atoms with Crippen LogP contribution >= 0.6 is 0 Å². The number of benzene rings is 1. The van der Waals surface area contributed by atoms with Gasteiger partial charge in [0.15, 0.2) is 5.82 Å². The highest BCUT2D eigenvalue weighted by Crippen LogP contribution is 2.32. The molecule has 4 rings (SSSR count). The van der Waals surface area contributed by atoms with E-state index < -0.39 is 0 Å². The maximum absolute atomic E-state index is 11.9. The fourth-order valence-corrected chi connectivity index (χ4v) is 4.23. The number of aromatic nitrogens is 3. The van der Waals surface area contributed by atoms with Crippen molar-refractivity contribution in [2.45, 2.75) is 51.7 Å². The lowest BCUT2D eigenvalue weighted by Crippen LogP contribution is -2.36. The monoisotopic (exact) mass is 353 g/mol. The highest BCUT2D eigenvalue weighted by atomic mass is 16.2. The summed E-state index contributed by atoms with van der Waals surface area (Å²) in [4.78, 5) is 16.3. The third-order valence-electron chi connectivity index (χ3n) is 5.60. The van der Waals surface area contributed by atoms with Crippen LogP contribution in [0.3, 0.4) is 0 Å². The van der Waals surface area contributed by atoms with Gasteiger partial charge >= 0.3 is 0 Å². The molecule has 1 saturated heterocycles. The molecule has 26 heavy (non-hydrogen) atoms. The predicted molar refractivity (Wildman–Crippen MR) is 99.4 cm³/mol. The molecule has 0 bridgehead atoms. The second-order valence-electron chi connectivity index (χ2n) is 7.36. The fourth-order valence-electron chi connectivity index (χ4n) is 4.23. The molecule has 138 valence electrons. The SMILES string of the molecule is CC(=O)N1CCC[C@H]1c1nnc2n1CCN(CCCc1ccccc1)C2. The number of fused-ring (bicyclic) bond motifs is 1. The van der Waals surface area contributed by atoms with E-state index in [0.29, 0.717) is 0 Å². The minimum absolute atomic E-state index is 0.110. The van der Waals surface area contributed by atoms with E-state index >= 15 is 0 Å². The first-order valence-electron chi connectivity index (χ1n) is 9.68. The van der Waals surface area contributed by atoms with Crippen LogP contribution in [-0.2, 0) is 24.3 Å². The van der Waals surface area contributed by atoms with E-state index in [4.69, 9.17) is 0 Å². The van der Waals surface area contributed by atoms with Gasteiger partial charge in [0, 0.05) is 26.6 Å². The molecule has 0 radical (unpaired) electrons. The minimum atomic E-state index is 0.110. The Morgan fingerprint density at radius 1 is 1.15 bits per heavy atom. The van der Waals surface area contributed by atoms with E-state index in [2.05, 4.69) is 50.0 Å². The topological polar surface area (TPSA) is 54.3 Å². The Hall–Kier alpha value is -2.21. The number of nitrogens with zero attached hydrogens (tertiary/aromatic N) is 5. The van der Waals surface area contributed by atoms with E-state index in [0.717, 1.165) is 70.1 Å². The Bertz CT molecular complexity index is 757. The summed E-state index contributed by atoms with van der Waals surface area (Å²) < 4.78 is 2.25. The summed E-state index contributed by atoms with van der Waals surface area (Å²) in [5.74, 6) is 2.17. The van der Waals surface area contributed by atoms with Gasteiger partial charge < -0.3 is 9.47 Å². The van der Waals surface area contributed by atoms with Crippen molar-refractivity contribution in [3.05, 3.63) is 47.5 Å². The quantitative estimate of drug-likeness (QED) is 0.828. The third-order valence-corrected chi connectivity index (χ3v) is 5.60. The average molecular weight is 353 g/mol. The fraction of sp³-hybridized carbons (Fsp3) is 0.550. The second-order valence-corrected chi connectivity index (χ2v) is 7.36. The van der Waals surface area contributed by atoms with Crippen molar-refractivity contribution >= 4 is 5.91 Å². The third kappa shape index (κ3) is 3.51. The van der Waals surface area contributed by atoms with Crippen LogP contribution in [0.2, 0.25) is 0 Å². The summed E-state index contributed by atoms with van der Waals surface area (Å²) in [7, 11) is 0. The van der Waals surface area contributed by atoms with Gasteiger partial charge in [0.25, 0.3) is 0 Å². The summed E-state index contributed by atoms with van der Waals surface area (Å²) in [6, 6.07) is 10.8. The zero-order valence-corrected chi connectivity index (χ0v) is 15.5. The van der Waals surface area contributed by atoms with Gasteiger partial charge in [0.2, 0.25) is 5.91 Å². The van der Waals surface area contributed by atoms with Crippen LogP contribution in [0.1, 0.15) is 49.4 Å². The number of carbonyl (C=O) groups excluding carboxylic acids is 1. The lowest BCUT2D eigenvalue weighted by atomic mass is 10.1. The van der Waals surface area contributed by atoms with Crippen molar-refractivity contribution in [2.24, 2.45) is 0 Å². The molecule has 0 spiro atoms. The van der Waals surface area contributed by atoms with Gasteiger partial charge in [-0.3, -0.25) is 9.69 Å². The lowest BCUT2D eigenvalue weighted by Gasteiger charge is -2.29. The van der Waals surface area contributed by atoms with Crippen LogP contribution in [0.4, 0.5) is 0 Å². The number of hydrogen-bond acceptors (Lipinski definition) is 4. The zero-order valence-electron chi connectivity index (χ0n) is 15.5. The molecule has 1 fully saturated rings. The van der Waals surface area contributed by atoms with E-state index in [1.165, 1.54) is 5.56 Å². The maximum atomic E-state index is 11.9. The first-order valence-corrected chi connectivity index (χ1v) is 9.68. The zero-order chi connectivity index (χ0) is 17.9. The van der Waals surface area contributed by atoms with Gasteiger partial charge in [-0.2, -0.15) is 0 Å². The molecule has 0 unspecified atom stereocenters. The van der Waals surface area contributed by atoms with Crippen LogP contribution in [0.5, 0.6) is 0 Å². The van der Waals surface area contributed by atoms with Crippen molar-refractivity contribution in [2.75, 3.05) is 19.6 Å². The first kappa shape index (κ1) is 17.2. The summed E-state index contributed by atoms with van der Waals surface area (Å²) in [5, 5.41) is 8.91. The smallest absolute Gasteiger partial charge is 0.220 e. The van der Waals surface area contributed by atoms with Crippen molar-refractivity contribution in [1.29, 1.82) is 0 Å². The summed E-state index contributed by atoms with van der Waals surface area (Å²) >= 11 is 0. The molecule has 0 aliphatic carbocycles. The van der Waals surface area contributed by atoms with E-state index in [-0.39, 0.29) is 11.9 Å². The molecule has 6 nitrogen and oxygen atoms in total. The number of carbonyl (C=O) groups is 1. The number of rotatable bonds is 5. The van der Waals surface area contributed by atoms with Crippen molar-refractivity contribution in [3.8, 4) is 0 Å². The Kier molecular flexibility index (Phi) is 5.02. The van der Waals surface area contributed by atoms with Crippen LogP contribution < -0.4 is 0 Å². The Morgan fingerprint density at radius 3 is 2.81 bits per heavy atom. The molecule has 3 heterocycles. The molecule has 0 N–H and O–H groups in total. The Labute approximate surface area is 154 Å². The molecule has 1 aromatic heterocycles. The molecule has 2 aliphatic heterocycles. The van der Waals surface area contributed by atoms with Gasteiger partial charge in [-0.1, -0.05) is 30.3 Å². The van der Waals surface area contributed by atoms with Crippen molar-refractivity contribution in [3.63, 3.8) is 0 Å². The molecule has 6 heteroatoms. The summed E-state index contributed by atoms with van der Waals surface area (Å²) in [6.45, 7) is 6.38. The predicted octanol–water partition coefficient (Wildman–Crippen LogP) is 2.41. The van der Waals surface area contributed by atoms with Crippen LogP contribution in [0.15, 0.2) is 30.3 Å². The molecule has 1 aromatic carbocycles. The Balaban J connectivity index is 1.36. The number of aryl methyl sites for hydroxylation is 1. The molecule has 1 amide bonds. The van der Waals surface area contributed by atoms with E-state index in [9.17, 15) is 4.79 Å². The normalized spacial score (nSPS) is 20.3. The second kappa shape index (κ2) is 7.58. The number of hydrogen-bond donors (Lipinski definition) is 0.